The van der Waals surface area contributed by atoms with Gasteiger partial charge in [-0.15, -0.1) is 0 Å². The molecule has 1 aliphatic carbocycles. The summed E-state index contributed by atoms with van der Waals surface area (Å²) in [6, 6.07) is 0. The molecular weight excluding hydrogens is 192 g/mol. The number of rotatable bonds is 7. The van der Waals surface area contributed by atoms with Gasteiger partial charge in [0.25, 0.3) is 0 Å². The second kappa shape index (κ2) is 8.61. The van der Waals surface area contributed by atoms with Gasteiger partial charge >= 0.3 is 0 Å². The molecule has 0 atom stereocenters. The predicted molar refractivity (Wildman–Crippen MR) is 73.6 cm³/mol. The second-order valence-corrected chi connectivity index (χ2v) is 5.29. The maximum absolute atomic E-state index is 2.25. The summed E-state index contributed by atoms with van der Waals surface area (Å²) in [6.45, 7) is 4.32. The molecule has 0 spiro atoms. The Balaban J connectivity index is 1.94. The van der Waals surface area contributed by atoms with Gasteiger partial charge < -0.3 is 0 Å². The van der Waals surface area contributed by atoms with E-state index in [0.717, 1.165) is 5.92 Å². The Bertz CT molecular complexity index is 216. The quantitative estimate of drug-likeness (QED) is 0.384. The van der Waals surface area contributed by atoms with Crippen LogP contribution in [-0.4, -0.2) is 0 Å². The van der Waals surface area contributed by atoms with Crippen LogP contribution in [0.2, 0.25) is 0 Å². The van der Waals surface area contributed by atoms with Gasteiger partial charge in [0, 0.05) is 0 Å². The molecule has 0 aromatic heterocycles. The Kier molecular flexibility index (Phi) is 7.29. The molecule has 16 heavy (non-hydrogen) atoms. The smallest absolute Gasteiger partial charge is 0.0320 e. The molecule has 0 bridgehead atoms. The molecule has 0 heteroatoms. The van der Waals surface area contributed by atoms with E-state index in [0.29, 0.717) is 0 Å². The van der Waals surface area contributed by atoms with Crippen LogP contribution in [0.25, 0.3) is 0 Å². The van der Waals surface area contributed by atoms with Gasteiger partial charge in [-0.05, 0) is 32.6 Å². The molecule has 1 aliphatic rings. The topological polar surface area (TPSA) is 0 Å². The van der Waals surface area contributed by atoms with Crippen molar-refractivity contribution >= 4 is 0 Å². The standard InChI is InChI=1S/C16H28/c1-3-4-10-15(2)11-6-5-7-12-16-13-8-9-14-16/h3-4,10,16H,5-9,11-14H2,1-2H3/b4-3-,15-10+. The van der Waals surface area contributed by atoms with Crippen molar-refractivity contribution in [1.82, 2.24) is 0 Å². The maximum atomic E-state index is 2.25. The zero-order valence-electron chi connectivity index (χ0n) is 11.2. The van der Waals surface area contributed by atoms with Crippen molar-refractivity contribution in [2.75, 3.05) is 0 Å². The fourth-order valence-electron chi connectivity index (χ4n) is 2.66. The van der Waals surface area contributed by atoms with Gasteiger partial charge in [0.1, 0.15) is 0 Å². The molecule has 0 radical (unpaired) electrons. The van der Waals surface area contributed by atoms with E-state index >= 15 is 0 Å². The third kappa shape index (κ3) is 6.15. The van der Waals surface area contributed by atoms with Crippen molar-refractivity contribution < 1.29 is 0 Å². The van der Waals surface area contributed by atoms with Crippen LogP contribution in [0.4, 0.5) is 0 Å². The van der Waals surface area contributed by atoms with Gasteiger partial charge in [-0.1, -0.05) is 68.7 Å². The van der Waals surface area contributed by atoms with E-state index in [9.17, 15) is 0 Å². The van der Waals surface area contributed by atoms with Gasteiger partial charge in [-0.2, -0.15) is 0 Å². The average Bonchev–Trinajstić information content (AvgIpc) is 2.79. The van der Waals surface area contributed by atoms with Crippen LogP contribution in [-0.2, 0) is 0 Å². The summed E-state index contributed by atoms with van der Waals surface area (Å²) in [7, 11) is 0. The zero-order chi connectivity index (χ0) is 11.6. The lowest BCUT2D eigenvalue weighted by atomic mass is 9.99. The van der Waals surface area contributed by atoms with Gasteiger partial charge in [0.15, 0.2) is 0 Å². The molecule has 0 unspecified atom stereocenters. The molecule has 0 saturated heterocycles. The van der Waals surface area contributed by atoms with Crippen molar-refractivity contribution in [2.24, 2.45) is 5.92 Å². The summed E-state index contributed by atoms with van der Waals surface area (Å²) >= 11 is 0. The Labute approximate surface area is 102 Å². The first-order chi connectivity index (χ1) is 7.83. The SMILES string of the molecule is C/C=C\C=C(/C)CCCCCC1CCCC1. The number of allylic oxidation sites excluding steroid dienone is 4. The lowest BCUT2D eigenvalue weighted by Crippen LogP contribution is -1.92. The predicted octanol–water partition coefficient (Wildman–Crippen LogP) is 5.65. The highest BCUT2D eigenvalue weighted by Crippen LogP contribution is 2.29. The molecule has 0 nitrogen and oxygen atoms in total. The first kappa shape index (κ1) is 13.5. The molecule has 1 rings (SSSR count). The third-order valence-electron chi connectivity index (χ3n) is 3.73. The Morgan fingerprint density at radius 2 is 1.88 bits per heavy atom. The van der Waals surface area contributed by atoms with Gasteiger partial charge in [-0.3, -0.25) is 0 Å². The highest BCUT2D eigenvalue weighted by Gasteiger charge is 2.13. The van der Waals surface area contributed by atoms with E-state index in [2.05, 4.69) is 32.1 Å². The van der Waals surface area contributed by atoms with E-state index < -0.39 is 0 Å². The Hall–Kier alpha value is -0.520. The minimum atomic E-state index is 1.08. The summed E-state index contributed by atoms with van der Waals surface area (Å²) in [5.41, 5.74) is 1.53. The second-order valence-electron chi connectivity index (χ2n) is 5.29. The van der Waals surface area contributed by atoms with E-state index in [4.69, 9.17) is 0 Å². The molecule has 1 fully saturated rings. The first-order valence-electron chi connectivity index (χ1n) is 7.11. The normalized spacial score (nSPS) is 18.8. The molecule has 0 amide bonds. The number of hydrogen-bond acceptors (Lipinski definition) is 0. The monoisotopic (exact) mass is 220 g/mol. The number of hydrogen-bond donors (Lipinski definition) is 0. The fourth-order valence-corrected chi connectivity index (χ4v) is 2.66. The molecule has 0 aromatic carbocycles. The van der Waals surface area contributed by atoms with Crippen LogP contribution in [0.3, 0.4) is 0 Å². The molecule has 0 heterocycles. The van der Waals surface area contributed by atoms with E-state index in [-0.39, 0.29) is 0 Å². The zero-order valence-corrected chi connectivity index (χ0v) is 11.2. The van der Waals surface area contributed by atoms with Crippen molar-refractivity contribution in [3.8, 4) is 0 Å². The van der Waals surface area contributed by atoms with Crippen LogP contribution in [0.1, 0.15) is 71.6 Å². The van der Waals surface area contributed by atoms with Crippen LogP contribution < -0.4 is 0 Å². The minimum absolute atomic E-state index is 1.08. The van der Waals surface area contributed by atoms with E-state index in [1.54, 1.807) is 0 Å². The summed E-state index contributed by atoms with van der Waals surface area (Å²) < 4.78 is 0. The van der Waals surface area contributed by atoms with Crippen molar-refractivity contribution in [1.29, 1.82) is 0 Å². The molecule has 0 aromatic rings. The molecule has 0 N–H and O–H groups in total. The van der Waals surface area contributed by atoms with Gasteiger partial charge in [-0.25, -0.2) is 0 Å². The lowest BCUT2D eigenvalue weighted by Gasteiger charge is -2.07. The molecule has 1 saturated carbocycles. The summed E-state index contributed by atoms with van der Waals surface area (Å²) in [5, 5.41) is 0. The van der Waals surface area contributed by atoms with Crippen LogP contribution in [0, 0.1) is 5.92 Å². The first-order valence-corrected chi connectivity index (χ1v) is 7.11. The maximum Gasteiger partial charge on any atom is -0.0320 e. The van der Waals surface area contributed by atoms with Crippen LogP contribution in [0.5, 0.6) is 0 Å². The minimum Gasteiger partial charge on any atom is -0.0877 e. The van der Waals surface area contributed by atoms with E-state index in [1.807, 2.05) is 0 Å². The third-order valence-corrected chi connectivity index (χ3v) is 3.73. The summed E-state index contributed by atoms with van der Waals surface area (Å²) in [5.74, 6) is 1.08. The van der Waals surface area contributed by atoms with Gasteiger partial charge in [0.2, 0.25) is 0 Å². The Morgan fingerprint density at radius 3 is 2.56 bits per heavy atom. The highest BCUT2D eigenvalue weighted by atomic mass is 14.2. The fraction of sp³-hybridized carbons (Fsp3) is 0.750. The number of unbranched alkanes of at least 4 members (excludes halogenated alkanes) is 2. The molecular formula is C16H28. The van der Waals surface area contributed by atoms with Crippen molar-refractivity contribution in [3.63, 3.8) is 0 Å². The van der Waals surface area contributed by atoms with E-state index in [1.165, 1.54) is 63.4 Å². The van der Waals surface area contributed by atoms with Crippen molar-refractivity contribution in [2.45, 2.75) is 71.6 Å². The van der Waals surface area contributed by atoms with Gasteiger partial charge in [0.05, 0.1) is 0 Å². The summed E-state index contributed by atoms with van der Waals surface area (Å²) in [4.78, 5) is 0. The molecule has 92 valence electrons. The largest absolute Gasteiger partial charge is 0.0877 e. The lowest BCUT2D eigenvalue weighted by molar-refractivity contribution is 0.468. The van der Waals surface area contributed by atoms with Crippen molar-refractivity contribution in [3.05, 3.63) is 23.8 Å². The molecule has 0 aliphatic heterocycles. The van der Waals surface area contributed by atoms with Crippen LogP contribution in [0.15, 0.2) is 23.8 Å². The summed E-state index contributed by atoms with van der Waals surface area (Å²) in [6.07, 6.45) is 19.6. The Morgan fingerprint density at radius 1 is 1.12 bits per heavy atom. The highest BCUT2D eigenvalue weighted by molar-refractivity contribution is 5.09. The van der Waals surface area contributed by atoms with Crippen LogP contribution >= 0.6 is 0 Å². The average molecular weight is 220 g/mol.